The van der Waals surface area contributed by atoms with Gasteiger partial charge in [-0.05, 0) is 25.2 Å². The molecule has 1 amide bonds. The second-order valence-electron chi connectivity index (χ2n) is 4.64. The topological polar surface area (TPSA) is 63.2 Å². The third-order valence-electron chi connectivity index (χ3n) is 3.39. The van der Waals surface area contributed by atoms with Gasteiger partial charge in [0.25, 0.3) is 0 Å². The molecule has 2 aliphatic rings. The smallest absolute Gasteiger partial charge is 0.224 e. The van der Waals surface area contributed by atoms with Gasteiger partial charge in [0.15, 0.2) is 9.84 Å². The number of carbonyl (C=O) groups is 1. The first-order chi connectivity index (χ1) is 7.07. The fraction of sp³-hybridized carbons (Fsp3) is 0.900. The van der Waals surface area contributed by atoms with Gasteiger partial charge in [0.05, 0.1) is 17.4 Å². The van der Waals surface area contributed by atoms with E-state index >= 15 is 0 Å². The molecule has 1 N–H and O–H groups in total. The average Bonchev–Trinajstić information content (AvgIpc) is 2.43. The minimum Gasteiger partial charge on any atom is -0.356 e. The van der Waals surface area contributed by atoms with Gasteiger partial charge in [-0.2, -0.15) is 0 Å². The molecule has 0 radical (unpaired) electrons. The molecule has 0 aromatic rings. The molecule has 0 bridgehead atoms. The minimum atomic E-state index is -2.93. The molecule has 15 heavy (non-hydrogen) atoms. The molecular weight excluding hydrogens is 214 g/mol. The van der Waals surface area contributed by atoms with Gasteiger partial charge in [-0.3, -0.25) is 4.79 Å². The quantitative estimate of drug-likeness (QED) is 0.761. The van der Waals surface area contributed by atoms with Crippen molar-refractivity contribution in [1.29, 1.82) is 0 Å². The monoisotopic (exact) mass is 231 g/mol. The number of carbonyl (C=O) groups excluding carboxylic acids is 1. The molecule has 5 heteroatoms. The van der Waals surface area contributed by atoms with Crippen molar-refractivity contribution in [2.45, 2.75) is 25.7 Å². The second-order valence-corrected chi connectivity index (χ2v) is 6.87. The van der Waals surface area contributed by atoms with E-state index < -0.39 is 9.84 Å². The first-order valence-corrected chi connectivity index (χ1v) is 7.37. The van der Waals surface area contributed by atoms with E-state index in [9.17, 15) is 13.2 Å². The molecular formula is C10H17NO3S. The van der Waals surface area contributed by atoms with Gasteiger partial charge in [0.1, 0.15) is 0 Å². The maximum atomic E-state index is 11.6. The average molecular weight is 231 g/mol. The van der Waals surface area contributed by atoms with Crippen molar-refractivity contribution < 1.29 is 13.2 Å². The lowest BCUT2D eigenvalue weighted by Crippen LogP contribution is -2.36. The number of rotatable bonds is 3. The lowest BCUT2D eigenvalue weighted by atomic mass is 9.85. The molecule has 2 fully saturated rings. The van der Waals surface area contributed by atoms with E-state index in [4.69, 9.17) is 0 Å². The van der Waals surface area contributed by atoms with Gasteiger partial charge in [0.2, 0.25) is 5.91 Å². The third kappa shape index (κ3) is 2.71. The Morgan fingerprint density at radius 3 is 2.47 bits per heavy atom. The number of sulfone groups is 1. The Bertz CT molecular complexity index is 346. The SMILES string of the molecule is O=C(NCC1CCC1)C1CCS(=O)(=O)C1. The molecule has 0 aromatic heterocycles. The standard InChI is InChI=1S/C10H17NO3S/c12-10(11-6-8-2-1-3-8)9-4-5-15(13,14)7-9/h8-9H,1-7H2,(H,11,12). The van der Waals surface area contributed by atoms with Crippen LogP contribution < -0.4 is 5.32 Å². The first-order valence-electron chi connectivity index (χ1n) is 5.55. The zero-order chi connectivity index (χ0) is 10.9. The summed E-state index contributed by atoms with van der Waals surface area (Å²) >= 11 is 0. The van der Waals surface area contributed by atoms with Crippen LogP contribution in [-0.2, 0) is 14.6 Å². The zero-order valence-corrected chi connectivity index (χ0v) is 9.55. The molecule has 2 rings (SSSR count). The lowest BCUT2D eigenvalue weighted by molar-refractivity contribution is -0.124. The van der Waals surface area contributed by atoms with Crippen molar-refractivity contribution in [3.8, 4) is 0 Å². The van der Waals surface area contributed by atoms with Crippen molar-refractivity contribution in [2.75, 3.05) is 18.1 Å². The number of hydrogen-bond acceptors (Lipinski definition) is 3. The summed E-state index contributed by atoms with van der Waals surface area (Å²) in [7, 11) is -2.93. The fourth-order valence-electron chi connectivity index (χ4n) is 2.09. The highest BCUT2D eigenvalue weighted by molar-refractivity contribution is 7.91. The summed E-state index contributed by atoms with van der Waals surface area (Å²) in [6, 6.07) is 0. The highest BCUT2D eigenvalue weighted by Crippen LogP contribution is 2.25. The van der Waals surface area contributed by atoms with Crippen LogP contribution in [0, 0.1) is 11.8 Å². The molecule has 4 nitrogen and oxygen atoms in total. The molecule has 1 aliphatic carbocycles. The van der Waals surface area contributed by atoms with Crippen molar-refractivity contribution in [1.82, 2.24) is 5.32 Å². The Kier molecular flexibility index (Phi) is 3.00. The maximum Gasteiger partial charge on any atom is 0.224 e. The van der Waals surface area contributed by atoms with Gasteiger partial charge in [-0.1, -0.05) is 6.42 Å². The molecule has 1 atom stereocenters. The van der Waals surface area contributed by atoms with Crippen molar-refractivity contribution >= 4 is 15.7 Å². The second kappa shape index (κ2) is 4.12. The van der Waals surface area contributed by atoms with Gasteiger partial charge in [0, 0.05) is 6.54 Å². The zero-order valence-electron chi connectivity index (χ0n) is 8.74. The predicted octanol–water partition coefficient (Wildman–Crippen LogP) is 0.337. The largest absolute Gasteiger partial charge is 0.356 e. The molecule has 86 valence electrons. The summed E-state index contributed by atoms with van der Waals surface area (Å²) in [5.74, 6) is 0.489. The Morgan fingerprint density at radius 1 is 1.27 bits per heavy atom. The molecule has 0 aromatic carbocycles. The molecule has 0 spiro atoms. The fourth-order valence-corrected chi connectivity index (χ4v) is 3.83. The van der Waals surface area contributed by atoms with Crippen LogP contribution in [0.1, 0.15) is 25.7 Å². The van der Waals surface area contributed by atoms with Crippen molar-refractivity contribution in [2.24, 2.45) is 11.8 Å². The summed E-state index contributed by atoms with van der Waals surface area (Å²) in [4.78, 5) is 11.6. The summed E-state index contributed by atoms with van der Waals surface area (Å²) < 4.78 is 22.3. The Labute approximate surface area is 90.3 Å². The minimum absolute atomic E-state index is 0.0451. The predicted molar refractivity (Wildman–Crippen MR) is 57.1 cm³/mol. The van der Waals surface area contributed by atoms with Crippen molar-refractivity contribution in [3.63, 3.8) is 0 Å². The van der Waals surface area contributed by atoms with Gasteiger partial charge in [-0.15, -0.1) is 0 Å². The summed E-state index contributed by atoms with van der Waals surface area (Å²) in [6.07, 6.45) is 4.16. The van der Waals surface area contributed by atoms with Crippen LogP contribution in [0.5, 0.6) is 0 Å². The molecule has 1 unspecified atom stereocenters. The summed E-state index contributed by atoms with van der Waals surface area (Å²) in [6.45, 7) is 0.732. The van der Waals surface area contributed by atoms with E-state index in [0.29, 0.717) is 12.3 Å². The molecule has 1 saturated carbocycles. The normalized spacial score (nSPS) is 29.7. The number of nitrogens with one attached hydrogen (secondary N) is 1. The lowest BCUT2D eigenvalue weighted by Gasteiger charge is -2.25. The highest BCUT2D eigenvalue weighted by Gasteiger charge is 2.33. The third-order valence-corrected chi connectivity index (χ3v) is 5.16. The van der Waals surface area contributed by atoms with Crippen LogP contribution in [0.4, 0.5) is 0 Å². The molecule has 1 aliphatic heterocycles. The van der Waals surface area contributed by atoms with Crippen molar-refractivity contribution in [3.05, 3.63) is 0 Å². The van der Waals surface area contributed by atoms with E-state index in [-0.39, 0.29) is 23.3 Å². The number of hydrogen-bond donors (Lipinski definition) is 1. The van der Waals surface area contributed by atoms with Crippen LogP contribution in [0.2, 0.25) is 0 Å². The van der Waals surface area contributed by atoms with Gasteiger partial charge in [-0.25, -0.2) is 8.42 Å². The van der Waals surface area contributed by atoms with E-state index in [1.54, 1.807) is 0 Å². The van der Waals surface area contributed by atoms with Gasteiger partial charge < -0.3 is 5.32 Å². The van der Waals surface area contributed by atoms with E-state index in [2.05, 4.69) is 5.32 Å². The Balaban J connectivity index is 1.76. The molecule has 1 saturated heterocycles. The summed E-state index contributed by atoms with van der Waals surface area (Å²) in [5.41, 5.74) is 0. The highest BCUT2D eigenvalue weighted by atomic mass is 32.2. The maximum absolute atomic E-state index is 11.6. The van der Waals surface area contributed by atoms with Crippen LogP contribution in [-0.4, -0.2) is 32.4 Å². The van der Waals surface area contributed by atoms with Crippen LogP contribution in [0.15, 0.2) is 0 Å². The van der Waals surface area contributed by atoms with E-state index in [1.165, 1.54) is 19.3 Å². The Morgan fingerprint density at radius 2 is 2.00 bits per heavy atom. The van der Waals surface area contributed by atoms with Crippen LogP contribution in [0.25, 0.3) is 0 Å². The van der Waals surface area contributed by atoms with E-state index in [0.717, 1.165) is 6.54 Å². The Hall–Kier alpha value is -0.580. The summed E-state index contributed by atoms with van der Waals surface area (Å²) in [5, 5.41) is 2.86. The van der Waals surface area contributed by atoms with Crippen LogP contribution in [0.3, 0.4) is 0 Å². The van der Waals surface area contributed by atoms with Gasteiger partial charge >= 0.3 is 0 Å². The molecule has 1 heterocycles. The first kappa shape index (κ1) is 10.9. The number of amides is 1. The van der Waals surface area contributed by atoms with E-state index in [1.807, 2.05) is 0 Å². The van der Waals surface area contributed by atoms with Crippen LogP contribution >= 0.6 is 0 Å².